The van der Waals surface area contributed by atoms with E-state index in [9.17, 15) is 4.79 Å². The van der Waals surface area contributed by atoms with Crippen molar-refractivity contribution in [1.29, 1.82) is 0 Å². The number of urea groups is 1. The number of nitrogens with one attached hydrogen (secondary N) is 2. The van der Waals surface area contributed by atoms with Gasteiger partial charge in [0, 0.05) is 30.8 Å². The highest BCUT2D eigenvalue weighted by Crippen LogP contribution is 2.11. The minimum Gasteiger partial charge on any atom is -0.382 e. The van der Waals surface area contributed by atoms with Crippen molar-refractivity contribution in [2.45, 2.75) is 19.8 Å². The molecule has 0 aliphatic carbocycles. The zero-order valence-corrected chi connectivity index (χ0v) is 12.8. The first kappa shape index (κ1) is 16.0. The first-order valence-corrected chi connectivity index (χ1v) is 7.35. The smallest absolute Gasteiger partial charge is 0.314 e. The number of amides is 2. The lowest BCUT2D eigenvalue weighted by molar-refractivity contribution is 0.145. The van der Waals surface area contributed by atoms with Crippen LogP contribution in [0.15, 0.2) is 28.7 Å². The van der Waals surface area contributed by atoms with Gasteiger partial charge >= 0.3 is 6.03 Å². The normalized spacial score (nSPS) is 10.2. The Balaban J connectivity index is 2.07. The fourth-order valence-electron chi connectivity index (χ4n) is 1.60. The van der Waals surface area contributed by atoms with Gasteiger partial charge < -0.3 is 15.4 Å². The predicted octanol–water partition coefficient (Wildman–Crippen LogP) is 2.72. The zero-order chi connectivity index (χ0) is 13.9. The van der Waals surface area contributed by atoms with Gasteiger partial charge in [-0.3, -0.25) is 0 Å². The number of ether oxygens (including phenoxy) is 1. The van der Waals surface area contributed by atoms with Crippen LogP contribution in [0.3, 0.4) is 0 Å². The molecule has 0 spiro atoms. The lowest BCUT2D eigenvalue weighted by Crippen LogP contribution is -2.37. The Morgan fingerprint density at radius 1 is 1.32 bits per heavy atom. The van der Waals surface area contributed by atoms with Crippen molar-refractivity contribution in [3.05, 3.63) is 34.3 Å². The number of benzene rings is 1. The van der Waals surface area contributed by atoms with Crippen molar-refractivity contribution >= 4 is 22.0 Å². The van der Waals surface area contributed by atoms with E-state index < -0.39 is 0 Å². The topological polar surface area (TPSA) is 50.4 Å². The third kappa shape index (κ3) is 7.85. The molecule has 0 heterocycles. The van der Waals surface area contributed by atoms with Crippen LogP contribution in [0.2, 0.25) is 0 Å². The maximum Gasteiger partial charge on any atom is 0.314 e. The number of hydrogen-bond acceptors (Lipinski definition) is 2. The Hall–Kier alpha value is -1.07. The van der Waals surface area contributed by atoms with Crippen LogP contribution >= 0.6 is 15.9 Å². The van der Waals surface area contributed by atoms with Gasteiger partial charge in [-0.25, -0.2) is 4.79 Å². The van der Waals surface area contributed by atoms with Gasteiger partial charge in [-0.2, -0.15) is 0 Å². The van der Waals surface area contributed by atoms with Gasteiger partial charge in [0.2, 0.25) is 0 Å². The predicted molar refractivity (Wildman–Crippen MR) is 80.4 cm³/mol. The van der Waals surface area contributed by atoms with Gasteiger partial charge in [0.1, 0.15) is 0 Å². The molecule has 106 valence electrons. The maximum atomic E-state index is 11.5. The molecule has 4 nitrogen and oxygen atoms in total. The number of halogens is 1. The van der Waals surface area contributed by atoms with E-state index in [0.717, 1.165) is 23.9 Å². The van der Waals surface area contributed by atoms with E-state index in [1.807, 2.05) is 25.1 Å². The monoisotopic (exact) mass is 328 g/mol. The van der Waals surface area contributed by atoms with E-state index in [2.05, 4.69) is 32.6 Å². The Bertz CT molecular complexity index is 385. The van der Waals surface area contributed by atoms with Crippen molar-refractivity contribution < 1.29 is 9.53 Å². The largest absolute Gasteiger partial charge is 0.382 e. The van der Waals surface area contributed by atoms with Crippen molar-refractivity contribution in [3.8, 4) is 0 Å². The standard InChI is InChI=1S/C14H21BrN2O2/c1-2-19-10-4-8-16-14(18)17-9-7-12-5-3-6-13(15)11-12/h3,5-6,11H,2,4,7-10H2,1H3,(H2,16,17,18). The van der Waals surface area contributed by atoms with Crippen molar-refractivity contribution in [1.82, 2.24) is 10.6 Å². The molecule has 19 heavy (non-hydrogen) atoms. The lowest BCUT2D eigenvalue weighted by atomic mass is 10.1. The minimum absolute atomic E-state index is 0.119. The Kier molecular flexibility index (Phi) is 8.25. The molecule has 0 fully saturated rings. The maximum absolute atomic E-state index is 11.5. The summed E-state index contributed by atoms with van der Waals surface area (Å²) in [7, 11) is 0. The van der Waals surface area contributed by atoms with Crippen LogP contribution in [0.1, 0.15) is 18.9 Å². The van der Waals surface area contributed by atoms with Gasteiger partial charge in [0.05, 0.1) is 0 Å². The summed E-state index contributed by atoms with van der Waals surface area (Å²) >= 11 is 3.43. The highest BCUT2D eigenvalue weighted by Gasteiger charge is 1.99. The first-order chi connectivity index (χ1) is 9.22. The number of hydrogen-bond donors (Lipinski definition) is 2. The summed E-state index contributed by atoms with van der Waals surface area (Å²) in [6, 6.07) is 7.97. The second-order valence-corrected chi connectivity index (χ2v) is 5.03. The molecule has 0 aromatic heterocycles. The van der Waals surface area contributed by atoms with E-state index >= 15 is 0 Å². The van der Waals surface area contributed by atoms with Gasteiger partial charge in [-0.05, 0) is 37.5 Å². The van der Waals surface area contributed by atoms with Crippen LogP contribution in [0.25, 0.3) is 0 Å². The van der Waals surface area contributed by atoms with E-state index in [1.54, 1.807) is 0 Å². The van der Waals surface area contributed by atoms with Crippen molar-refractivity contribution in [2.24, 2.45) is 0 Å². The summed E-state index contributed by atoms with van der Waals surface area (Å²) in [5.41, 5.74) is 1.20. The molecule has 0 atom stereocenters. The summed E-state index contributed by atoms with van der Waals surface area (Å²) in [4.78, 5) is 11.5. The van der Waals surface area contributed by atoms with Crippen LogP contribution < -0.4 is 10.6 Å². The average molecular weight is 329 g/mol. The molecular weight excluding hydrogens is 308 g/mol. The molecule has 1 aromatic carbocycles. The summed E-state index contributed by atoms with van der Waals surface area (Å²) < 4.78 is 6.25. The first-order valence-electron chi connectivity index (χ1n) is 6.56. The van der Waals surface area contributed by atoms with E-state index in [-0.39, 0.29) is 6.03 Å². The van der Waals surface area contributed by atoms with Crippen molar-refractivity contribution in [2.75, 3.05) is 26.3 Å². The van der Waals surface area contributed by atoms with Crippen LogP contribution in [0.4, 0.5) is 4.79 Å². The van der Waals surface area contributed by atoms with Gasteiger partial charge in [0.15, 0.2) is 0 Å². The van der Waals surface area contributed by atoms with Gasteiger partial charge in [-0.15, -0.1) is 0 Å². The summed E-state index contributed by atoms with van der Waals surface area (Å²) in [6.45, 7) is 4.65. The second kappa shape index (κ2) is 9.81. The molecule has 0 bridgehead atoms. The molecule has 1 rings (SSSR count). The Labute approximate surface area is 123 Å². The number of rotatable bonds is 8. The molecule has 0 aliphatic heterocycles. The third-order valence-corrected chi connectivity index (χ3v) is 3.04. The van der Waals surface area contributed by atoms with Crippen LogP contribution in [0.5, 0.6) is 0 Å². The number of carbonyl (C=O) groups excluding carboxylic acids is 1. The summed E-state index contributed by atoms with van der Waals surface area (Å²) in [5.74, 6) is 0. The van der Waals surface area contributed by atoms with E-state index in [0.29, 0.717) is 19.7 Å². The molecule has 0 unspecified atom stereocenters. The van der Waals surface area contributed by atoms with Crippen LogP contribution in [0, 0.1) is 0 Å². The summed E-state index contributed by atoms with van der Waals surface area (Å²) in [5, 5.41) is 5.64. The van der Waals surface area contributed by atoms with Gasteiger partial charge in [-0.1, -0.05) is 28.1 Å². The highest BCUT2D eigenvalue weighted by molar-refractivity contribution is 9.10. The quantitative estimate of drug-likeness (QED) is 0.721. The Morgan fingerprint density at radius 3 is 2.84 bits per heavy atom. The molecule has 1 aromatic rings. The SMILES string of the molecule is CCOCCCNC(=O)NCCc1cccc(Br)c1. The lowest BCUT2D eigenvalue weighted by Gasteiger charge is -2.08. The molecule has 0 saturated heterocycles. The van der Waals surface area contributed by atoms with E-state index in [4.69, 9.17) is 4.74 Å². The zero-order valence-electron chi connectivity index (χ0n) is 11.2. The molecular formula is C14H21BrN2O2. The number of carbonyl (C=O) groups is 1. The molecule has 0 aliphatic rings. The molecule has 2 amide bonds. The molecule has 0 radical (unpaired) electrons. The fourth-order valence-corrected chi connectivity index (χ4v) is 2.04. The van der Waals surface area contributed by atoms with Crippen LogP contribution in [-0.4, -0.2) is 32.3 Å². The highest BCUT2D eigenvalue weighted by atomic mass is 79.9. The molecule has 0 saturated carbocycles. The third-order valence-electron chi connectivity index (χ3n) is 2.54. The molecule has 5 heteroatoms. The van der Waals surface area contributed by atoms with Crippen LogP contribution in [-0.2, 0) is 11.2 Å². The second-order valence-electron chi connectivity index (χ2n) is 4.11. The summed E-state index contributed by atoms with van der Waals surface area (Å²) in [6.07, 6.45) is 1.67. The van der Waals surface area contributed by atoms with E-state index in [1.165, 1.54) is 5.56 Å². The molecule has 2 N–H and O–H groups in total. The Morgan fingerprint density at radius 2 is 2.11 bits per heavy atom. The minimum atomic E-state index is -0.119. The average Bonchev–Trinajstić information content (AvgIpc) is 2.38. The fraction of sp³-hybridized carbons (Fsp3) is 0.500. The van der Waals surface area contributed by atoms with Crippen molar-refractivity contribution in [3.63, 3.8) is 0 Å². The van der Waals surface area contributed by atoms with Gasteiger partial charge in [0.25, 0.3) is 0 Å².